The fourth-order valence-electron chi connectivity index (χ4n) is 1.26. The molecule has 6 heteroatoms. The van der Waals surface area contributed by atoms with Crippen LogP contribution < -0.4 is 9.46 Å². The first kappa shape index (κ1) is 14.0. The van der Waals surface area contributed by atoms with Crippen molar-refractivity contribution < 1.29 is 17.9 Å². The van der Waals surface area contributed by atoms with E-state index in [2.05, 4.69) is 4.72 Å². The summed E-state index contributed by atoms with van der Waals surface area (Å²) in [6.07, 6.45) is 0.645. The molecule has 0 unspecified atom stereocenters. The van der Waals surface area contributed by atoms with Gasteiger partial charge in [0.05, 0.1) is 12.0 Å². The lowest BCUT2D eigenvalue weighted by Gasteiger charge is -2.07. The van der Waals surface area contributed by atoms with Gasteiger partial charge in [0.2, 0.25) is 10.0 Å². The Hall–Kier alpha value is -1.11. The van der Waals surface area contributed by atoms with Crippen LogP contribution in [0.15, 0.2) is 29.2 Å². The molecule has 17 heavy (non-hydrogen) atoms. The summed E-state index contributed by atoms with van der Waals surface area (Å²) in [5.74, 6) is 0.628. The summed E-state index contributed by atoms with van der Waals surface area (Å²) in [7, 11) is -0.311. The summed E-state index contributed by atoms with van der Waals surface area (Å²) < 4.78 is 35.9. The Morgan fingerprint density at radius 2 is 1.82 bits per heavy atom. The lowest BCUT2D eigenvalue weighted by molar-refractivity contribution is 0.196. The van der Waals surface area contributed by atoms with Crippen molar-refractivity contribution in [2.45, 2.75) is 11.3 Å². The Balaban J connectivity index is 2.62. The van der Waals surface area contributed by atoms with Crippen molar-refractivity contribution in [3.8, 4) is 5.75 Å². The molecule has 5 nitrogen and oxygen atoms in total. The van der Waals surface area contributed by atoms with Gasteiger partial charge in [0.1, 0.15) is 5.75 Å². The molecular formula is C11H17NO4S. The Labute approximate surface area is 102 Å². The minimum atomic E-state index is -3.43. The van der Waals surface area contributed by atoms with E-state index in [4.69, 9.17) is 9.47 Å². The number of sulfonamides is 1. The Morgan fingerprint density at radius 1 is 1.18 bits per heavy atom. The number of methoxy groups -OCH3 is 2. The second kappa shape index (κ2) is 6.58. The molecule has 0 fully saturated rings. The highest BCUT2D eigenvalue weighted by Crippen LogP contribution is 2.15. The van der Waals surface area contributed by atoms with Gasteiger partial charge in [-0.2, -0.15) is 0 Å². The molecule has 1 aromatic carbocycles. The van der Waals surface area contributed by atoms with Gasteiger partial charge in [-0.3, -0.25) is 0 Å². The third-order valence-corrected chi connectivity index (χ3v) is 3.66. The number of hydrogen-bond donors (Lipinski definition) is 1. The van der Waals surface area contributed by atoms with E-state index in [0.29, 0.717) is 25.3 Å². The molecule has 0 amide bonds. The second-order valence-electron chi connectivity index (χ2n) is 3.42. The molecule has 0 aliphatic carbocycles. The summed E-state index contributed by atoms with van der Waals surface area (Å²) >= 11 is 0. The first-order chi connectivity index (χ1) is 8.10. The molecule has 0 bridgehead atoms. The van der Waals surface area contributed by atoms with Crippen LogP contribution in [0.2, 0.25) is 0 Å². The normalized spacial score (nSPS) is 11.4. The zero-order chi connectivity index (χ0) is 12.7. The monoisotopic (exact) mass is 259 g/mol. The van der Waals surface area contributed by atoms with Gasteiger partial charge in [0, 0.05) is 20.3 Å². The fourth-order valence-corrected chi connectivity index (χ4v) is 2.34. The van der Waals surface area contributed by atoms with Crippen LogP contribution in [0.5, 0.6) is 5.75 Å². The van der Waals surface area contributed by atoms with Crippen LogP contribution in [0.4, 0.5) is 0 Å². The van der Waals surface area contributed by atoms with Crippen LogP contribution in [0.25, 0.3) is 0 Å². The van der Waals surface area contributed by atoms with Gasteiger partial charge >= 0.3 is 0 Å². The zero-order valence-corrected chi connectivity index (χ0v) is 10.8. The van der Waals surface area contributed by atoms with E-state index in [1.807, 2.05) is 0 Å². The summed E-state index contributed by atoms with van der Waals surface area (Å²) in [6, 6.07) is 6.25. The van der Waals surface area contributed by atoms with Gasteiger partial charge in [-0.1, -0.05) is 0 Å². The Morgan fingerprint density at radius 3 is 2.35 bits per heavy atom. The maximum Gasteiger partial charge on any atom is 0.240 e. The SMILES string of the molecule is COCCCNS(=O)(=O)c1ccc(OC)cc1. The minimum Gasteiger partial charge on any atom is -0.497 e. The van der Waals surface area contributed by atoms with E-state index in [1.54, 1.807) is 19.2 Å². The summed E-state index contributed by atoms with van der Waals surface area (Å²) in [6.45, 7) is 0.896. The maximum absolute atomic E-state index is 11.8. The molecule has 0 aliphatic heterocycles. The quantitative estimate of drug-likeness (QED) is 0.742. The Kier molecular flexibility index (Phi) is 5.40. The number of hydrogen-bond acceptors (Lipinski definition) is 4. The molecule has 0 saturated carbocycles. The topological polar surface area (TPSA) is 64.6 Å². The molecule has 0 aromatic heterocycles. The molecule has 0 spiro atoms. The van der Waals surface area contributed by atoms with E-state index in [-0.39, 0.29) is 4.90 Å². The standard InChI is InChI=1S/C11H17NO4S/c1-15-9-3-8-12-17(13,14)11-6-4-10(16-2)5-7-11/h4-7,12H,3,8-9H2,1-2H3. The van der Waals surface area contributed by atoms with Crippen molar-refractivity contribution in [3.63, 3.8) is 0 Å². The van der Waals surface area contributed by atoms with Gasteiger partial charge in [-0.25, -0.2) is 13.1 Å². The van der Waals surface area contributed by atoms with Crippen LogP contribution in [-0.4, -0.2) is 35.8 Å². The highest BCUT2D eigenvalue weighted by Gasteiger charge is 2.12. The fraction of sp³-hybridized carbons (Fsp3) is 0.455. The van der Waals surface area contributed by atoms with Gasteiger partial charge in [0.25, 0.3) is 0 Å². The molecule has 0 atom stereocenters. The third kappa shape index (κ3) is 4.33. The minimum absolute atomic E-state index is 0.232. The van der Waals surface area contributed by atoms with E-state index in [9.17, 15) is 8.42 Å². The van der Waals surface area contributed by atoms with Crippen LogP contribution in [0, 0.1) is 0 Å². The third-order valence-electron chi connectivity index (χ3n) is 2.19. The van der Waals surface area contributed by atoms with Crippen molar-refractivity contribution in [2.24, 2.45) is 0 Å². The van der Waals surface area contributed by atoms with Crippen LogP contribution in [0.1, 0.15) is 6.42 Å². The highest BCUT2D eigenvalue weighted by atomic mass is 32.2. The van der Waals surface area contributed by atoms with Crippen molar-refractivity contribution in [3.05, 3.63) is 24.3 Å². The van der Waals surface area contributed by atoms with Crippen LogP contribution in [0.3, 0.4) is 0 Å². The van der Waals surface area contributed by atoms with Gasteiger partial charge in [0.15, 0.2) is 0 Å². The first-order valence-electron chi connectivity index (χ1n) is 5.23. The molecular weight excluding hydrogens is 242 g/mol. The van der Waals surface area contributed by atoms with Crippen LogP contribution >= 0.6 is 0 Å². The summed E-state index contributed by atoms with van der Waals surface area (Å²) in [5, 5.41) is 0. The summed E-state index contributed by atoms with van der Waals surface area (Å²) in [4.78, 5) is 0.232. The predicted molar refractivity (Wildman–Crippen MR) is 64.7 cm³/mol. The lowest BCUT2D eigenvalue weighted by Crippen LogP contribution is -2.25. The smallest absolute Gasteiger partial charge is 0.240 e. The van der Waals surface area contributed by atoms with E-state index < -0.39 is 10.0 Å². The van der Waals surface area contributed by atoms with E-state index >= 15 is 0 Å². The molecule has 0 saturated heterocycles. The number of benzene rings is 1. The number of ether oxygens (including phenoxy) is 2. The lowest BCUT2D eigenvalue weighted by atomic mass is 10.3. The van der Waals surface area contributed by atoms with E-state index in [0.717, 1.165) is 0 Å². The van der Waals surface area contributed by atoms with Crippen LogP contribution in [-0.2, 0) is 14.8 Å². The molecule has 1 rings (SSSR count). The predicted octanol–water partition coefficient (Wildman–Crippen LogP) is 1.01. The Bertz CT molecular complexity index is 427. The molecule has 1 aromatic rings. The van der Waals surface area contributed by atoms with Crippen molar-refractivity contribution in [1.29, 1.82) is 0 Å². The average Bonchev–Trinajstić information content (AvgIpc) is 2.35. The largest absolute Gasteiger partial charge is 0.497 e. The molecule has 1 N–H and O–H groups in total. The molecule has 0 aliphatic rings. The van der Waals surface area contributed by atoms with Crippen molar-refractivity contribution in [2.75, 3.05) is 27.4 Å². The second-order valence-corrected chi connectivity index (χ2v) is 5.19. The van der Waals surface area contributed by atoms with Gasteiger partial charge in [-0.15, -0.1) is 0 Å². The zero-order valence-electron chi connectivity index (χ0n) is 9.97. The highest BCUT2D eigenvalue weighted by molar-refractivity contribution is 7.89. The number of nitrogens with one attached hydrogen (secondary N) is 1. The average molecular weight is 259 g/mol. The first-order valence-corrected chi connectivity index (χ1v) is 6.71. The summed E-state index contributed by atoms with van der Waals surface area (Å²) in [5.41, 5.74) is 0. The van der Waals surface area contributed by atoms with Crippen molar-refractivity contribution in [1.82, 2.24) is 4.72 Å². The van der Waals surface area contributed by atoms with Gasteiger partial charge in [-0.05, 0) is 30.7 Å². The van der Waals surface area contributed by atoms with Crippen molar-refractivity contribution >= 4 is 10.0 Å². The maximum atomic E-state index is 11.8. The molecule has 96 valence electrons. The van der Waals surface area contributed by atoms with E-state index in [1.165, 1.54) is 19.2 Å². The molecule has 0 heterocycles. The molecule has 0 radical (unpaired) electrons. The van der Waals surface area contributed by atoms with Gasteiger partial charge < -0.3 is 9.47 Å². The number of rotatable bonds is 7.